The van der Waals surface area contributed by atoms with Crippen molar-refractivity contribution in [1.82, 2.24) is 14.3 Å². The van der Waals surface area contributed by atoms with E-state index in [1.54, 1.807) is 36.7 Å². The Morgan fingerprint density at radius 3 is 2.81 bits per heavy atom. The van der Waals surface area contributed by atoms with Crippen LogP contribution in [0.5, 0.6) is 5.88 Å². The fourth-order valence-corrected chi connectivity index (χ4v) is 3.70. The van der Waals surface area contributed by atoms with Crippen molar-refractivity contribution < 1.29 is 13.2 Å². The van der Waals surface area contributed by atoms with E-state index in [-0.39, 0.29) is 11.0 Å². The standard InChI is InChI=1S/C14H15N3O3S/c18-21(19,13-4-3-7-15-10-13)17-9-6-12(11-17)20-14-5-1-2-8-16-14/h1-5,7-8,10,12H,6,9,11H2. The molecule has 0 amide bonds. The van der Waals surface area contributed by atoms with E-state index in [1.165, 1.54) is 10.5 Å². The first-order valence-corrected chi connectivity index (χ1v) is 8.08. The highest BCUT2D eigenvalue weighted by Crippen LogP contribution is 2.22. The van der Waals surface area contributed by atoms with Crippen LogP contribution in [0.15, 0.2) is 53.8 Å². The maximum atomic E-state index is 12.4. The van der Waals surface area contributed by atoms with Gasteiger partial charge < -0.3 is 4.74 Å². The highest BCUT2D eigenvalue weighted by molar-refractivity contribution is 7.89. The number of rotatable bonds is 4. The highest BCUT2D eigenvalue weighted by atomic mass is 32.2. The van der Waals surface area contributed by atoms with E-state index in [9.17, 15) is 8.42 Å². The molecule has 0 radical (unpaired) electrons. The third-order valence-electron chi connectivity index (χ3n) is 3.31. The minimum atomic E-state index is -3.49. The Morgan fingerprint density at radius 1 is 1.19 bits per heavy atom. The topological polar surface area (TPSA) is 72.4 Å². The number of hydrogen-bond donors (Lipinski definition) is 0. The summed E-state index contributed by atoms with van der Waals surface area (Å²) in [4.78, 5) is 8.16. The molecule has 2 aromatic rings. The van der Waals surface area contributed by atoms with Crippen molar-refractivity contribution >= 4 is 10.0 Å². The van der Waals surface area contributed by atoms with Crippen molar-refractivity contribution in [2.75, 3.05) is 13.1 Å². The van der Waals surface area contributed by atoms with Gasteiger partial charge >= 0.3 is 0 Å². The number of sulfonamides is 1. The van der Waals surface area contributed by atoms with Gasteiger partial charge in [-0.15, -0.1) is 0 Å². The molecule has 0 bridgehead atoms. The molecule has 1 aliphatic heterocycles. The van der Waals surface area contributed by atoms with Crippen LogP contribution in [0.4, 0.5) is 0 Å². The predicted molar refractivity (Wildman–Crippen MR) is 76.3 cm³/mol. The summed E-state index contributed by atoms with van der Waals surface area (Å²) in [6, 6.07) is 8.57. The second-order valence-electron chi connectivity index (χ2n) is 4.75. The first kappa shape index (κ1) is 14.0. The van der Waals surface area contributed by atoms with Gasteiger partial charge in [0.25, 0.3) is 0 Å². The van der Waals surface area contributed by atoms with Gasteiger partial charge in [-0.25, -0.2) is 13.4 Å². The molecule has 7 heteroatoms. The molecule has 0 spiro atoms. The van der Waals surface area contributed by atoms with Crippen LogP contribution < -0.4 is 4.74 Å². The summed E-state index contributed by atoms with van der Waals surface area (Å²) < 4.78 is 32.0. The van der Waals surface area contributed by atoms with Crippen LogP contribution in [0.3, 0.4) is 0 Å². The normalized spacial score (nSPS) is 19.5. The molecule has 3 heterocycles. The number of nitrogens with zero attached hydrogens (tertiary/aromatic N) is 3. The lowest BCUT2D eigenvalue weighted by Crippen LogP contribution is -2.31. The van der Waals surface area contributed by atoms with Gasteiger partial charge in [-0.2, -0.15) is 4.31 Å². The SMILES string of the molecule is O=S(=O)(c1cccnc1)N1CCC(Oc2ccccn2)C1. The zero-order valence-electron chi connectivity index (χ0n) is 11.3. The van der Waals surface area contributed by atoms with Crippen molar-refractivity contribution in [3.05, 3.63) is 48.9 Å². The lowest BCUT2D eigenvalue weighted by molar-refractivity contribution is 0.207. The Bertz CT molecular complexity index is 692. The molecule has 0 N–H and O–H groups in total. The van der Waals surface area contributed by atoms with Crippen LogP contribution >= 0.6 is 0 Å². The Labute approximate surface area is 123 Å². The summed E-state index contributed by atoms with van der Waals surface area (Å²) in [7, 11) is -3.49. The molecule has 1 fully saturated rings. The summed E-state index contributed by atoms with van der Waals surface area (Å²) in [5.74, 6) is 0.517. The number of ether oxygens (including phenoxy) is 1. The Hall–Kier alpha value is -1.99. The molecule has 1 aliphatic rings. The monoisotopic (exact) mass is 305 g/mol. The quantitative estimate of drug-likeness (QED) is 0.852. The van der Waals surface area contributed by atoms with E-state index < -0.39 is 10.0 Å². The van der Waals surface area contributed by atoms with E-state index in [4.69, 9.17) is 4.74 Å². The predicted octanol–water partition coefficient (Wildman–Crippen LogP) is 1.32. The first-order valence-electron chi connectivity index (χ1n) is 6.64. The molecule has 2 aromatic heterocycles. The molecular formula is C14H15N3O3S. The minimum Gasteiger partial charge on any atom is -0.473 e. The lowest BCUT2D eigenvalue weighted by atomic mass is 10.3. The van der Waals surface area contributed by atoms with Crippen molar-refractivity contribution in [3.8, 4) is 5.88 Å². The summed E-state index contributed by atoms with van der Waals surface area (Å²) in [6.45, 7) is 0.766. The Morgan fingerprint density at radius 2 is 2.10 bits per heavy atom. The number of hydrogen-bond acceptors (Lipinski definition) is 5. The third kappa shape index (κ3) is 3.03. The molecule has 1 unspecified atom stereocenters. The van der Waals surface area contributed by atoms with Crippen molar-refractivity contribution in [3.63, 3.8) is 0 Å². The molecule has 110 valence electrons. The Balaban J connectivity index is 1.70. The second kappa shape index (κ2) is 5.79. The van der Waals surface area contributed by atoms with Crippen molar-refractivity contribution in [2.45, 2.75) is 17.4 Å². The summed E-state index contributed by atoms with van der Waals surface area (Å²) in [5, 5.41) is 0. The molecule has 0 aromatic carbocycles. The zero-order chi connectivity index (χ0) is 14.7. The zero-order valence-corrected chi connectivity index (χ0v) is 12.1. The largest absolute Gasteiger partial charge is 0.473 e. The maximum absolute atomic E-state index is 12.4. The second-order valence-corrected chi connectivity index (χ2v) is 6.69. The Kier molecular flexibility index (Phi) is 3.85. The van der Waals surface area contributed by atoms with Crippen LogP contribution in [0.2, 0.25) is 0 Å². The molecule has 1 saturated heterocycles. The smallest absolute Gasteiger partial charge is 0.244 e. The molecule has 0 saturated carbocycles. The van der Waals surface area contributed by atoms with Crippen LogP contribution in [0.1, 0.15) is 6.42 Å². The van der Waals surface area contributed by atoms with Gasteiger partial charge in [0.1, 0.15) is 11.0 Å². The highest BCUT2D eigenvalue weighted by Gasteiger charge is 2.33. The molecule has 21 heavy (non-hydrogen) atoms. The minimum absolute atomic E-state index is 0.175. The summed E-state index contributed by atoms with van der Waals surface area (Å²) in [5.41, 5.74) is 0. The van der Waals surface area contributed by atoms with Gasteiger partial charge in [0, 0.05) is 31.2 Å². The first-order chi connectivity index (χ1) is 10.2. The van der Waals surface area contributed by atoms with Crippen LogP contribution in [0, 0.1) is 0 Å². The van der Waals surface area contributed by atoms with Gasteiger partial charge in [-0.05, 0) is 24.6 Å². The molecular weight excluding hydrogens is 290 g/mol. The average Bonchev–Trinajstić information content (AvgIpc) is 2.98. The molecule has 0 aliphatic carbocycles. The van der Waals surface area contributed by atoms with Crippen LogP contribution in [-0.4, -0.2) is 41.9 Å². The molecule has 1 atom stereocenters. The van der Waals surface area contributed by atoms with E-state index in [1.807, 2.05) is 6.07 Å². The molecule has 3 rings (SSSR count). The van der Waals surface area contributed by atoms with E-state index >= 15 is 0 Å². The maximum Gasteiger partial charge on any atom is 0.244 e. The van der Waals surface area contributed by atoms with Gasteiger partial charge in [0.2, 0.25) is 15.9 Å². The van der Waals surface area contributed by atoms with Crippen LogP contribution in [-0.2, 0) is 10.0 Å². The number of aromatic nitrogens is 2. The van der Waals surface area contributed by atoms with E-state index in [0.29, 0.717) is 25.4 Å². The summed E-state index contributed by atoms with van der Waals surface area (Å²) in [6.07, 6.45) is 5.04. The van der Waals surface area contributed by atoms with E-state index in [2.05, 4.69) is 9.97 Å². The van der Waals surface area contributed by atoms with Crippen molar-refractivity contribution in [1.29, 1.82) is 0 Å². The number of pyridine rings is 2. The van der Waals surface area contributed by atoms with Crippen LogP contribution in [0.25, 0.3) is 0 Å². The van der Waals surface area contributed by atoms with E-state index in [0.717, 1.165) is 0 Å². The van der Waals surface area contributed by atoms with Gasteiger partial charge in [-0.1, -0.05) is 6.07 Å². The average molecular weight is 305 g/mol. The fraction of sp³-hybridized carbons (Fsp3) is 0.286. The van der Waals surface area contributed by atoms with Gasteiger partial charge in [-0.3, -0.25) is 4.98 Å². The third-order valence-corrected chi connectivity index (χ3v) is 5.15. The van der Waals surface area contributed by atoms with Crippen molar-refractivity contribution in [2.24, 2.45) is 0 Å². The van der Waals surface area contributed by atoms with Gasteiger partial charge in [0.15, 0.2) is 0 Å². The van der Waals surface area contributed by atoms with Gasteiger partial charge in [0.05, 0.1) is 6.54 Å². The molecule has 6 nitrogen and oxygen atoms in total. The fourth-order valence-electron chi connectivity index (χ4n) is 2.25. The lowest BCUT2D eigenvalue weighted by Gasteiger charge is -2.16. The summed E-state index contributed by atoms with van der Waals surface area (Å²) >= 11 is 0.